The van der Waals surface area contributed by atoms with Crippen LogP contribution in [0.3, 0.4) is 0 Å². The molecule has 0 atom stereocenters. The highest BCUT2D eigenvalue weighted by molar-refractivity contribution is 14.1. The molecule has 0 saturated carbocycles. The van der Waals surface area contributed by atoms with Gasteiger partial charge in [-0.2, -0.15) is 0 Å². The molecule has 2 rings (SSSR count). The summed E-state index contributed by atoms with van der Waals surface area (Å²) in [6.45, 7) is 0. The van der Waals surface area contributed by atoms with E-state index >= 15 is 0 Å². The summed E-state index contributed by atoms with van der Waals surface area (Å²) in [5, 5.41) is 5.86. The van der Waals surface area contributed by atoms with Crippen LogP contribution in [-0.4, -0.2) is 26.0 Å². The number of nitrogens with one attached hydrogen (secondary N) is 2. The average Bonchev–Trinajstić information content (AvgIpc) is 2.58. The third-order valence-corrected chi connectivity index (χ3v) is 4.91. The summed E-state index contributed by atoms with van der Waals surface area (Å²) < 4.78 is 6.06. The lowest BCUT2D eigenvalue weighted by atomic mass is 10.1. The molecule has 5 nitrogen and oxygen atoms in total. The van der Waals surface area contributed by atoms with Crippen molar-refractivity contribution in [2.24, 2.45) is 0 Å². The van der Waals surface area contributed by atoms with Gasteiger partial charge in [0.1, 0.15) is 5.75 Å². The van der Waals surface area contributed by atoms with E-state index in [0.29, 0.717) is 22.0 Å². The zero-order valence-electron chi connectivity index (χ0n) is 13.2. The fraction of sp³-hybridized carbons (Fsp3) is 0.176. The van der Waals surface area contributed by atoms with Crippen molar-refractivity contribution in [1.29, 1.82) is 0 Å². The lowest BCUT2D eigenvalue weighted by molar-refractivity contribution is -0.119. The number of halogens is 2. The highest BCUT2D eigenvalue weighted by atomic mass is 127. The molecule has 2 aromatic carbocycles. The zero-order chi connectivity index (χ0) is 17.7. The van der Waals surface area contributed by atoms with Crippen LogP contribution in [0.15, 0.2) is 36.4 Å². The van der Waals surface area contributed by atoms with Gasteiger partial charge in [-0.15, -0.1) is 0 Å². The summed E-state index contributed by atoms with van der Waals surface area (Å²) in [5.74, 6) is -0.0498. The lowest BCUT2D eigenvalue weighted by Gasteiger charge is -2.13. The number of rotatable bonds is 5. The summed E-state index contributed by atoms with van der Waals surface area (Å²) in [6.07, 6.45) is 0.178. The van der Waals surface area contributed by atoms with Crippen molar-refractivity contribution in [2.75, 3.05) is 19.5 Å². The monoisotopic (exact) mass is 458 g/mol. The zero-order valence-corrected chi connectivity index (χ0v) is 16.1. The van der Waals surface area contributed by atoms with Gasteiger partial charge in [0.25, 0.3) is 5.91 Å². The molecular formula is C17H16ClIN2O3. The van der Waals surface area contributed by atoms with E-state index in [-0.39, 0.29) is 18.2 Å². The molecular weight excluding hydrogens is 443 g/mol. The number of ether oxygens (including phenoxy) is 1. The molecule has 0 saturated heterocycles. The van der Waals surface area contributed by atoms with E-state index in [1.807, 2.05) is 6.07 Å². The van der Waals surface area contributed by atoms with Crippen molar-refractivity contribution in [3.63, 3.8) is 0 Å². The molecule has 7 heteroatoms. The van der Waals surface area contributed by atoms with Crippen molar-refractivity contribution in [3.8, 4) is 5.75 Å². The summed E-state index contributed by atoms with van der Waals surface area (Å²) in [6, 6.07) is 10.4. The normalized spacial score (nSPS) is 10.2. The van der Waals surface area contributed by atoms with Gasteiger partial charge in [0.2, 0.25) is 5.91 Å². The van der Waals surface area contributed by atoms with Crippen LogP contribution in [0.25, 0.3) is 0 Å². The Morgan fingerprint density at radius 3 is 2.62 bits per heavy atom. The van der Waals surface area contributed by atoms with Crippen LogP contribution in [0.1, 0.15) is 15.9 Å². The van der Waals surface area contributed by atoms with Crippen LogP contribution in [0.2, 0.25) is 5.02 Å². The molecule has 2 N–H and O–H groups in total. The number of methoxy groups -OCH3 is 1. The Kier molecular flexibility index (Phi) is 6.44. The Morgan fingerprint density at radius 2 is 1.96 bits per heavy atom. The van der Waals surface area contributed by atoms with Crippen LogP contribution in [0.4, 0.5) is 5.69 Å². The molecule has 0 bridgehead atoms. The molecule has 2 amide bonds. The van der Waals surface area contributed by atoms with E-state index in [1.165, 1.54) is 7.11 Å². The molecule has 0 aliphatic rings. The van der Waals surface area contributed by atoms with Gasteiger partial charge in [-0.05, 0) is 46.4 Å². The van der Waals surface area contributed by atoms with Crippen LogP contribution >= 0.6 is 34.2 Å². The Morgan fingerprint density at radius 1 is 1.25 bits per heavy atom. The first-order valence-electron chi connectivity index (χ1n) is 7.09. The molecule has 0 aromatic heterocycles. The van der Waals surface area contributed by atoms with Crippen molar-refractivity contribution >= 4 is 51.7 Å². The quantitative estimate of drug-likeness (QED) is 0.674. The first-order chi connectivity index (χ1) is 11.5. The van der Waals surface area contributed by atoms with Crippen molar-refractivity contribution in [3.05, 3.63) is 56.1 Å². The van der Waals surface area contributed by atoms with Crippen molar-refractivity contribution in [2.45, 2.75) is 6.42 Å². The van der Waals surface area contributed by atoms with E-state index in [4.69, 9.17) is 16.3 Å². The van der Waals surface area contributed by atoms with Crippen molar-refractivity contribution < 1.29 is 14.3 Å². The molecule has 2 aromatic rings. The van der Waals surface area contributed by atoms with Gasteiger partial charge in [-0.25, -0.2) is 0 Å². The van der Waals surface area contributed by atoms with Crippen LogP contribution in [0.5, 0.6) is 5.75 Å². The molecule has 24 heavy (non-hydrogen) atoms. The third kappa shape index (κ3) is 4.39. The predicted molar refractivity (Wildman–Crippen MR) is 103 cm³/mol. The first kappa shape index (κ1) is 18.5. The van der Waals surface area contributed by atoms with Crippen LogP contribution < -0.4 is 15.4 Å². The number of likely N-dealkylation sites (N-methyl/N-ethyl adjacent to an activating group) is 1. The second-order valence-electron chi connectivity index (χ2n) is 4.93. The number of anilines is 1. The number of hydrogen-bond donors (Lipinski definition) is 2. The largest absolute Gasteiger partial charge is 0.496 e. The minimum atomic E-state index is -0.352. The van der Waals surface area contributed by atoms with Gasteiger partial charge in [-0.3, -0.25) is 9.59 Å². The van der Waals surface area contributed by atoms with Gasteiger partial charge >= 0.3 is 0 Å². The van der Waals surface area contributed by atoms with E-state index in [2.05, 4.69) is 33.2 Å². The van der Waals surface area contributed by atoms with Crippen LogP contribution in [-0.2, 0) is 11.2 Å². The maximum atomic E-state index is 12.6. The number of para-hydroxylation sites is 1. The number of hydrogen-bond acceptors (Lipinski definition) is 3. The molecule has 0 aliphatic carbocycles. The predicted octanol–water partition coefficient (Wildman–Crippen LogP) is 3.49. The Labute approximate surface area is 158 Å². The number of amides is 2. The fourth-order valence-electron chi connectivity index (χ4n) is 2.12. The lowest BCUT2D eigenvalue weighted by Crippen LogP contribution is -2.21. The summed E-state index contributed by atoms with van der Waals surface area (Å²) in [7, 11) is 3.07. The molecule has 126 valence electrons. The third-order valence-electron chi connectivity index (χ3n) is 3.38. The molecule has 0 aliphatic heterocycles. The van der Waals surface area contributed by atoms with Gasteiger partial charge in [-0.1, -0.05) is 29.8 Å². The van der Waals surface area contributed by atoms with Crippen molar-refractivity contribution in [1.82, 2.24) is 5.32 Å². The summed E-state index contributed by atoms with van der Waals surface area (Å²) >= 11 is 8.18. The molecule has 0 fully saturated rings. The number of carbonyl (C=O) groups is 2. The van der Waals surface area contributed by atoms with Gasteiger partial charge < -0.3 is 15.4 Å². The highest BCUT2D eigenvalue weighted by Gasteiger charge is 2.17. The maximum Gasteiger partial charge on any atom is 0.259 e. The molecule has 0 spiro atoms. The van der Waals surface area contributed by atoms with E-state index < -0.39 is 0 Å². The topological polar surface area (TPSA) is 67.4 Å². The average molecular weight is 459 g/mol. The highest BCUT2D eigenvalue weighted by Crippen LogP contribution is 2.29. The standard InChI is InChI=1S/C17H16ClIN2O3/c1-20-16(22)7-10-5-3-4-6-14(10)21-17(23)11-8-12(18)13(19)9-15(11)24-2/h3-6,8-9H,7H2,1-2H3,(H,20,22)(H,21,23). The SMILES string of the molecule is CNC(=O)Cc1ccccc1NC(=O)c1cc(Cl)c(I)cc1OC. The summed E-state index contributed by atoms with van der Waals surface area (Å²) in [5.41, 5.74) is 1.63. The Balaban J connectivity index is 2.31. The second kappa shape index (κ2) is 8.34. The second-order valence-corrected chi connectivity index (χ2v) is 6.50. The Hall–Kier alpha value is -1.80. The minimum absolute atomic E-state index is 0.133. The molecule has 0 unspecified atom stereocenters. The first-order valence-corrected chi connectivity index (χ1v) is 8.54. The summed E-state index contributed by atoms with van der Waals surface area (Å²) in [4.78, 5) is 24.2. The maximum absolute atomic E-state index is 12.6. The van der Waals surface area contributed by atoms with Gasteiger partial charge in [0.05, 0.1) is 24.1 Å². The number of benzene rings is 2. The van der Waals surface area contributed by atoms with Gasteiger partial charge in [0, 0.05) is 16.3 Å². The number of carbonyl (C=O) groups excluding carboxylic acids is 2. The molecule has 0 radical (unpaired) electrons. The Bertz CT molecular complexity index is 780. The molecule has 0 heterocycles. The fourth-order valence-corrected chi connectivity index (χ4v) is 2.72. The minimum Gasteiger partial charge on any atom is -0.496 e. The van der Waals surface area contributed by atoms with E-state index in [9.17, 15) is 9.59 Å². The van der Waals surface area contributed by atoms with Crippen LogP contribution in [0, 0.1) is 3.57 Å². The van der Waals surface area contributed by atoms with E-state index in [1.54, 1.807) is 37.4 Å². The van der Waals surface area contributed by atoms with E-state index in [0.717, 1.165) is 9.13 Å². The van der Waals surface area contributed by atoms with Gasteiger partial charge in [0.15, 0.2) is 0 Å². The smallest absolute Gasteiger partial charge is 0.259 e.